The standard InChI is InChI=1S/C16H20Cl2O2/c1-4-6-12(16(19)20-5-2)9-11(3)14-8-7-13(17)10-15(14)18/h4,7-8,10-12H,1,5-6,9H2,2-3H3. The second-order valence-electron chi connectivity index (χ2n) is 4.78. The molecule has 0 saturated heterocycles. The zero-order valence-corrected chi connectivity index (χ0v) is 13.4. The molecule has 1 rings (SSSR count). The summed E-state index contributed by atoms with van der Waals surface area (Å²) in [6.45, 7) is 7.95. The molecule has 0 spiro atoms. The van der Waals surface area contributed by atoms with Gasteiger partial charge >= 0.3 is 5.97 Å². The predicted octanol–water partition coefficient (Wildman–Crippen LogP) is 5.24. The minimum Gasteiger partial charge on any atom is -0.466 e. The fourth-order valence-corrected chi connectivity index (χ4v) is 2.80. The highest BCUT2D eigenvalue weighted by molar-refractivity contribution is 6.35. The van der Waals surface area contributed by atoms with Gasteiger partial charge in [-0.3, -0.25) is 4.79 Å². The second kappa shape index (κ2) is 8.33. The first-order valence-corrected chi connectivity index (χ1v) is 7.47. The van der Waals surface area contributed by atoms with Crippen molar-refractivity contribution in [3.8, 4) is 0 Å². The van der Waals surface area contributed by atoms with E-state index in [9.17, 15) is 4.79 Å². The van der Waals surface area contributed by atoms with Crippen molar-refractivity contribution in [2.24, 2.45) is 5.92 Å². The third-order valence-electron chi connectivity index (χ3n) is 3.20. The number of ether oxygens (including phenoxy) is 1. The van der Waals surface area contributed by atoms with E-state index in [0.717, 1.165) is 5.56 Å². The van der Waals surface area contributed by atoms with Crippen LogP contribution in [0.2, 0.25) is 10.0 Å². The molecule has 1 aromatic carbocycles. The Morgan fingerprint density at radius 1 is 1.45 bits per heavy atom. The Balaban J connectivity index is 2.81. The summed E-state index contributed by atoms with van der Waals surface area (Å²) in [5.41, 5.74) is 0.995. The zero-order valence-electron chi connectivity index (χ0n) is 11.9. The lowest BCUT2D eigenvalue weighted by Gasteiger charge is -2.19. The molecule has 0 amide bonds. The van der Waals surface area contributed by atoms with Gasteiger partial charge in [0.05, 0.1) is 12.5 Å². The lowest BCUT2D eigenvalue weighted by molar-refractivity contribution is -0.148. The van der Waals surface area contributed by atoms with Crippen LogP contribution in [0.3, 0.4) is 0 Å². The van der Waals surface area contributed by atoms with Crippen molar-refractivity contribution in [1.29, 1.82) is 0 Å². The van der Waals surface area contributed by atoms with Gasteiger partial charge in [0.1, 0.15) is 0 Å². The average Bonchev–Trinajstić information content (AvgIpc) is 2.38. The number of hydrogen-bond donors (Lipinski definition) is 0. The summed E-state index contributed by atoms with van der Waals surface area (Å²) in [6.07, 6.45) is 3.03. The summed E-state index contributed by atoms with van der Waals surface area (Å²) in [7, 11) is 0. The second-order valence-corrected chi connectivity index (χ2v) is 5.62. The third kappa shape index (κ3) is 4.84. The Hall–Kier alpha value is -0.990. The molecule has 1 aromatic rings. The maximum absolute atomic E-state index is 11.9. The molecule has 0 saturated carbocycles. The van der Waals surface area contributed by atoms with Crippen LogP contribution in [0.4, 0.5) is 0 Å². The molecule has 20 heavy (non-hydrogen) atoms. The van der Waals surface area contributed by atoms with Crippen LogP contribution in [0.25, 0.3) is 0 Å². The van der Waals surface area contributed by atoms with Crippen LogP contribution in [0.1, 0.15) is 38.2 Å². The van der Waals surface area contributed by atoms with E-state index < -0.39 is 0 Å². The molecule has 2 atom stereocenters. The lowest BCUT2D eigenvalue weighted by atomic mass is 9.88. The van der Waals surface area contributed by atoms with Crippen molar-refractivity contribution in [1.82, 2.24) is 0 Å². The van der Waals surface area contributed by atoms with Gasteiger partial charge in [0, 0.05) is 10.0 Å². The quantitative estimate of drug-likeness (QED) is 0.508. The van der Waals surface area contributed by atoms with Gasteiger partial charge < -0.3 is 4.74 Å². The highest BCUT2D eigenvalue weighted by Gasteiger charge is 2.22. The zero-order chi connectivity index (χ0) is 15.1. The molecule has 110 valence electrons. The fraction of sp³-hybridized carbons (Fsp3) is 0.438. The molecule has 0 aliphatic heterocycles. The van der Waals surface area contributed by atoms with Gasteiger partial charge in [-0.05, 0) is 43.4 Å². The largest absolute Gasteiger partial charge is 0.466 e. The van der Waals surface area contributed by atoms with E-state index in [0.29, 0.717) is 29.5 Å². The molecular weight excluding hydrogens is 295 g/mol. The highest BCUT2D eigenvalue weighted by Crippen LogP contribution is 2.32. The highest BCUT2D eigenvalue weighted by atomic mass is 35.5. The van der Waals surface area contributed by atoms with Gasteiger partial charge in [-0.15, -0.1) is 6.58 Å². The Bertz CT molecular complexity index is 472. The normalized spacial score (nSPS) is 13.6. The van der Waals surface area contributed by atoms with Crippen molar-refractivity contribution >= 4 is 29.2 Å². The van der Waals surface area contributed by atoms with Crippen LogP contribution in [0, 0.1) is 5.92 Å². The first-order valence-electron chi connectivity index (χ1n) is 6.72. The summed E-state index contributed by atoms with van der Waals surface area (Å²) in [4.78, 5) is 11.9. The molecule has 0 heterocycles. The molecule has 0 aromatic heterocycles. The van der Waals surface area contributed by atoms with Gasteiger partial charge in [-0.2, -0.15) is 0 Å². The number of esters is 1. The van der Waals surface area contributed by atoms with Crippen molar-refractivity contribution in [3.63, 3.8) is 0 Å². The van der Waals surface area contributed by atoms with E-state index in [-0.39, 0.29) is 17.8 Å². The van der Waals surface area contributed by atoms with Crippen molar-refractivity contribution in [3.05, 3.63) is 46.5 Å². The summed E-state index contributed by atoms with van der Waals surface area (Å²) in [6, 6.07) is 5.44. The maximum Gasteiger partial charge on any atom is 0.309 e. The first-order chi connectivity index (χ1) is 9.49. The van der Waals surface area contributed by atoms with Crippen LogP contribution < -0.4 is 0 Å². The van der Waals surface area contributed by atoms with Crippen molar-refractivity contribution < 1.29 is 9.53 Å². The predicted molar refractivity (Wildman–Crippen MR) is 84.4 cm³/mol. The number of hydrogen-bond acceptors (Lipinski definition) is 2. The SMILES string of the molecule is C=CCC(CC(C)c1ccc(Cl)cc1Cl)C(=O)OCC. The number of rotatable bonds is 7. The molecule has 2 unspecified atom stereocenters. The third-order valence-corrected chi connectivity index (χ3v) is 3.77. The van der Waals surface area contributed by atoms with E-state index >= 15 is 0 Å². The van der Waals surface area contributed by atoms with Gasteiger partial charge in [0.15, 0.2) is 0 Å². The van der Waals surface area contributed by atoms with Gasteiger partial charge in [0.25, 0.3) is 0 Å². The first kappa shape index (κ1) is 17.1. The molecule has 0 aliphatic carbocycles. The number of allylic oxidation sites excluding steroid dienone is 1. The molecule has 0 fully saturated rings. The number of carbonyl (C=O) groups is 1. The molecule has 0 bridgehead atoms. The van der Waals surface area contributed by atoms with Gasteiger partial charge in [-0.1, -0.05) is 42.3 Å². The Labute approximate surface area is 130 Å². The minimum absolute atomic E-state index is 0.147. The van der Waals surface area contributed by atoms with Gasteiger partial charge in [-0.25, -0.2) is 0 Å². The van der Waals surface area contributed by atoms with Crippen molar-refractivity contribution in [2.75, 3.05) is 6.61 Å². The number of halogens is 2. The average molecular weight is 315 g/mol. The van der Waals surface area contributed by atoms with E-state index in [1.54, 1.807) is 12.1 Å². The Kier molecular flexibility index (Phi) is 7.11. The van der Waals surface area contributed by atoms with Crippen LogP contribution in [0.5, 0.6) is 0 Å². The topological polar surface area (TPSA) is 26.3 Å². The summed E-state index contributed by atoms with van der Waals surface area (Å²) in [5.74, 6) is -0.215. The van der Waals surface area contributed by atoms with E-state index in [2.05, 4.69) is 6.58 Å². The van der Waals surface area contributed by atoms with E-state index in [1.165, 1.54) is 0 Å². The minimum atomic E-state index is -0.186. The van der Waals surface area contributed by atoms with Gasteiger partial charge in [0.2, 0.25) is 0 Å². The maximum atomic E-state index is 11.9. The monoisotopic (exact) mass is 314 g/mol. The molecular formula is C16H20Cl2O2. The number of carbonyl (C=O) groups excluding carboxylic acids is 1. The van der Waals surface area contributed by atoms with Crippen LogP contribution in [-0.4, -0.2) is 12.6 Å². The Morgan fingerprint density at radius 3 is 2.70 bits per heavy atom. The Morgan fingerprint density at radius 2 is 2.15 bits per heavy atom. The fourth-order valence-electron chi connectivity index (χ4n) is 2.20. The smallest absolute Gasteiger partial charge is 0.309 e. The summed E-state index contributed by atoms with van der Waals surface area (Å²) in [5, 5.41) is 1.24. The molecule has 2 nitrogen and oxygen atoms in total. The number of benzene rings is 1. The van der Waals surface area contributed by atoms with Crippen LogP contribution in [0.15, 0.2) is 30.9 Å². The van der Waals surface area contributed by atoms with Crippen LogP contribution >= 0.6 is 23.2 Å². The summed E-state index contributed by atoms with van der Waals surface area (Å²) < 4.78 is 5.10. The van der Waals surface area contributed by atoms with E-state index in [4.69, 9.17) is 27.9 Å². The summed E-state index contributed by atoms with van der Waals surface area (Å²) >= 11 is 12.1. The van der Waals surface area contributed by atoms with Crippen molar-refractivity contribution in [2.45, 2.75) is 32.6 Å². The molecule has 0 aliphatic rings. The van der Waals surface area contributed by atoms with Crippen LogP contribution in [-0.2, 0) is 9.53 Å². The van der Waals surface area contributed by atoms with E-state index in [1.807, 2.05) is 26.0 Å². The lowest BCUT2D eigenvalue weighted by Crippen LogP contribution is -2.19. The molecule has 4 heteroatoms. The molecule has 0 N–H and O–H groups in total. The molecule has 0 radical (unpaired) electrons.